The first-order valence-electron chi connectivity index (χ1n) is 9.57. The average Bonchev–Trinajstić information content (AvgIpc) is 2.73. The summed E-state index contributed by atoms with van der Waals surface area (Å²) in [6, 6.07) is 13.2. The van der Waals surface area contributed by atoms with Crippen LogP contribution in [0.3, 0.4) is 0 Å². The number of carbonyl (C=O) groups excluding carboxylic acids is 2. The van der Waals surface area contributed by atoms with Crippen molar-refractivity contribution >= 4 is 11.7 Å². The molecular weight excluding hydrogens is 370 g/mol. The maximum Gasteiger partial charge on any atom is 0.225 e. The first-order valence-corrected chi connectivity index (χ1v) is 9.57. The highest BCUT2D eigenvalue weighted by atomic mass is 16.5. The smallest absolute Gasteiger partial charge is 0.225 e. The van der Waals surface area contributed by atoms with E-state index in [0.717, 1.165) is 5.56 Å². The molecule has 2 aliphatic rings. The number of benzene rings is 2. The average molecular weight is 393 g/mol. The van der Waals surface area contributed by atoms with Crippen LogP contribution in [0.5, 0.6) is 17.2 Å². The summed E-state index contributed by atoms with van der Waals surface area (Å²) < 4.78 is 10.5. The molecule has 2 N–H and O–H groups in total. The molecule has 2 atom stereocenters. The summed E-state index contributed by atoms with van der Waals surface area (Å²) in [5, 5.41) is 13.1. The number of hydrogen-bond donors (Lipinski definition) is 2. The van der Waals surface area contributed by atoms with Gasteiger partial charge < -0.3 is 19.9 Å². The van der Waals surface area contributed by atoms with Crippen LogP contribution in [0.2, 0.25) is 0 Å². The third-order valence-electron chi connectivity index (χ3n) is 5.71. The van der Waals surface area contributed by atoms with E-state index >= 15 is 0 Å². The van der Waals surface area contributed by atoms with E-state index < -0.39 is 5.92 Å². The van der Waals surface area contributed by atoms with Crippen LogP contribution in [0.15, 0.2) is 53.7 Å². The van der Waals surface area contributed by atoms with Crippen LogP contribution in [0.4, 0.5) is 0 Å². The summed E-state index contributed by atoms with van der Waals surface area (Å²) in [5.41, 5.74) is 3.15. The molecular formula is C23H23NO5. The lowest BCUT2D eigenvalue weighted by Gasteiger charge is -2.34. The zero-order valence-electron chi connectivity index (χ0n) is 16.4. The highest BCUT2D eigenvalue weighted by Crippen LogP contribution is 2.46. The van der Waals surface area contributed by atoms with Crippen molar-refractivity contribution < 1.29 is 24.2 Å². The Labute approximate surface area is 169 Å². The fourth-order valence-corrected chi connectivity index (χ4v) is 4.32. The first-order chi connectivity index (χ1) is 14.0. The van der Waals surface area contributed by atoms with Gasteiger partial charge >= 0.3 is 0 Å². The Morgan fingerprint density at radius 2 is 1.59 bits per heavy atom. The van der Waals surface area contributed by atoms with E-state index in [9.17, 15) is 14.7 Å². The van der Waals surface area contributed by atoms with Crippen molar-refractivity contribution in [1.29, 1.82) is 0 Å². The number of methoxy groups -OCH3 is 2. The van der Waals surface area contributed by atoms with Crippen LogP contribution in [-0.4, -0.2) is 31.0 Å². The zero-order valence-corrected chi connectivity index (χ0v) is 16.4. The molecule has 1 amide bonds. The van der Waals surface area contributed by atoms with Crippen molar-refractivity contribution in [2.45, 2.75) is 31.1 Å². The number of ketones is 1. The Balaban J connectivity index is 1.76. The highest BCUT2D eigenvalue weighted by molar-refractivity contribution is 6.02. The quantitative estimate of drug-likeness (QED) is 0.832. The van der Waals surface area contributed by atoms with Gasteiger partial charge in [0.1, 0.15) is 0 Å². The SMILES string of the molecule is COc1cc([C@@H]2CC(=O)NC3=C2C(=O)C[C@@H](c2ccccc2)C3)cc(OC)c1O. The molecule has 6 nitrogen and oxygen atoms in total. The summed E-state index contributed by atoms with van der Waals surface area (Å²) in [4.78, 5) is 25.6. The first kappa shape index (κ1) is 19.1. The molecule has 29 heavy (non-hydrogen) atoms. The van der Waals surface area contributed by atoms with Crippen molar-refractivity contribution in [3.8, 4) is 17.2 Å². The predicted molar refractivity (Wildman–Crippen MR) is 107 cm³/mol. The van der Waals surface area contributed by atoms with E-state index in [1.165, 1.54) is 14.2 Å². The van der Waals surface area contributed by atoms with Gasteiger partial charge in [0.25, 0.3) is 0 Å². The number of carbonyl (C=O) groups is 2. The maximum absolute atomic E-state index is 13.2. The second-order valence-electron chi connectivity index (χ2n) is 7.41. The number of allylic oxidation sites excluding steroid dienone is 2. The lowest BCUT2D eigenvalue weighted by atomic mass is 9.73. The highest BCUT2D eigenvalue weighted by Gasteiger charge is 2.38. The number of ether oxygens (including phenoxy) is 2. The van der Waals surface area contributed by atoms with Crippen LogP contribution in [0.25, 0.3) is 0 Å². The molecule has 6 heteroatoms. The summed E-state index contributed by atoms with van der Waals surface area (Å²) in [6.07, 6.45) is 1.18. The zero-order chi connectivity index (χ0) is 20.5. The summed E-state index contributed by atoms with van der Waals surface area (Å²) in [7, 11) is 2.90. The van der Waals surface area contributed by atoms with Crippen molar-refractivity contribution in [1.82, 2.24) is 5.32 Å². The molecule has 4 rings (SSSR count). The number of aromatic hydroxyl groups is 1. The fraction of sp³-hybridized carbons (Fsp3) is 0.304. The Morgan fingerprint density at radius 1 is 0.931 bits per heavy atom. The number of phenols is 1. The van der Waals surface area contributed by atoms with Crippen molar-refractivity contribution in [2.75, 3.05) is 14.2 Å². The van der Waals surface area contributed by atoms with Crippen molar-refractivity contribution in [2.24, 2.45) is 0 Å². The van der Waals surface area contributed by atoms with E-state index in [1.54, 1.807) is 12.1 Å². The summed E-state index contributed by atoms with van der Waals surface area (Å²) in [6.45, 7) is 0. The van der Waals surface area contributed by atoms with Gasteiger partial charge in [-0.2, -0.15) is 0 Å². The largest absolute Gasteiger partial charge is 0.502 e. The second kappa shape index (κ2) is 7.62. The molecule has 0 saturated carbocycles. The van der Waals surface area contributed by atoms with E-state index in [4.69, 9.17) is 9.47 Å². The normalized spacial score (nSPS) is 21.4. The molecule has 1 aliphatic heterocycles. The Hall–Kier alpha value is -3.28. The Kier molecular flexibility index (Phi) is 5.01. The fourth-order valence-electron chi connectivity index (χ4n) is 4.32. The number of phenolic OH excluding ortho intramolecular Hbond substituents is 1. The molecule has 0 radical (unpaired) electrons. The predicted octanol–water partition coefficient (Wildman–Crippen LogP) is 3.41. The van der Waals surface area contributed by atoms with Crippen LogP contribution >= 0.6 is 0 Å². The molecule has 1 heterocycles. The molecule has 150 valence electrons. The number of nitrogens with one attached hydrogen (secondary N) is 1. The third kappa shape index (κ3) is 3.46. The molecule has 0 spiro atoms. The molecule has 0 fully saturated rings. The topological polar surface area (TPSA) is 84.9 Å². The van der Waals surface area contributed by atoms with Crippen molar-refractivity contribution in [3.05, 3.63) is 64.9 Å². The van der Waals surface area contributed by atoms with Crippen LogP contribution in [0.1, 0.15) is 42.2 Å². The second-order valence-corrected chi connectivity index (χ2v) is 7.41. The van der Waals surface area contributed by atoms with Gasteiger partial charge in [-0.25, -0.2) is 0 Å². The Morgan fingerprint density at radius 3 is 2.21 bits per heavy atom. The molecule has 0 bridgehead atoms. The van der Waals surface area contributed by atoms with E-state index in [-0.39, 0.29) is 41.3 Å². The van der Waals surface area contributed by atoms with Gasteiger partial charge in [0, 0.05) is 30.0 Å². The van der Waals surface area contributed by atoms with E-state index in [1.807, 2.05) is 30.3 Å². The van der Waals surface area contributed by atoms with Crippen LogP contribution in [0, 0.1) is 0 Å². The van der Waals surface area contributed by atoms with Gasteiger partial charge in [-0.05, 0) is 35.6 Å². The number of rotatable bonds is 4. The van der Waals surface area contributed by atoms with Crippen molar-refractivity contribution in [3.63, 3.8) is 0 Å². The molecule has 0 saturated heterocycles. The summed E-state index contributed by atoms with van der Waals surface area (Å²) in [5.74, 6) is -0.0442. The number of hydrogen-bond acceptors (Lipinski definition) is 5. The molecule has 2 aromatic carbocycles. The minimum absolute atomic E-state index is 0.0381. The lowest BCUT2D eigenvalue weighted by molar-refractivity contribution is -0.122. The standard InChI is InChI=1S/C23H23NO5/c1-28-19-10-15(11-20(29-2)23(19)27)16-12-21(26)24-17-8-14(9-18(25)22(16)17)13-6-4-3-5-7-13/h3-7,10-11,14,16,27H,8-9,12H2,1-2H3,(H,24,26)/t14-,16-/m0/s1. The third-order valence-corrected chi connectivity index (χ3v) is 5.71. The Bertz CT molecular complexity index is 971. The van der Waals surface area contributed by atoms with Gasteiger partial charge in [0.05, 0.1) is 14.2 Å². The van der Waals surface area contributed by atoms with Crippen LogP contribution < -0.4 is 14.8 Å². The minimum atomic E-state index is -0.397. The van der Waals surface area contributed by atoms with E-state index in [2.05, 4.69) is 5.32 Å². The molecule has 0 aromatic heterocycles. The lowest BCUT2D eigenvalue weighted by Crippen LogP contribution is -2.38. The maximum atomic E-state index is 13.2. The van der Waals surface area contributed by atoms with Crippen LogP contribution in [-0.2, 0) is 9.59 Å². The summed E-state index contributed by atoms with van der Waals surface area (Å²) >= 11 is 0. The van der Waals surface area contributed by atoms with Gasteiger partial charge in [0.15, 0.2) is 17.3 Å². The number of Topliss-reactive ketones (excluding diaryl/α,β-unsaturated/α-hetero) is 1. The molecule has 2 aromatic rings. The van der Waals surface area contributed by atoms with Gasteiger partial charge in [-0.15, -0.1) is 0 Å². The monoisotopic (exact) mass is 393 g/mol. The number of amides is 1. The molecule has 1 aliphatic carbocycles. The van der Waals surface area contributed by atoms with Gasteiger partial charge in [-0.3, -0.25) is 9.59 Å². The van der Waals surface area contributed by atoms with Gasteiger partial charge in [0.2, 0.25) is 11.7 Å². The van der Waals surface area contributed by atoms with Gasteiger partial charge in [-0.1, -0.05) is 30.3 Å². The van der Waals surface area contributed by atoms with E-state index in [0.29, 0.717) is 29.7 Å². The molecule has 0 unspecified atom stereocenters. The minimum Gasteiger partial charge on any atom is -0.502 e.